The van der Waals surface area contributed by atoms with Crippen molar-refractivity contribution in [1.29, 1.82) is 0 Å². The van der Waals surface area contributed by atoms with E-state index in [1.54, 1.807) is 0 Å². The molecule has 1 aliphatic rings. The number of aliphatic hydroxyl groups is 3. The number of hydrogen-bond donors (Lipinski definition) is 4. The smallest absolute Gasteiger partial charge is 0.335 e. The average Bonchev–Trinajstić information content (AvgIpc) is 2.23. The number of carboxylic acids is 1. The van der Waals surface area contributed by atoms with Gasteiger partial charge in [0.15, 0.2) is 12.4 Å². The van der Waals surface area contributed by atoms with Crippen LogP contribution in [0.1, 0.15) is 0 Å². The van der Waals surface area contributed by atoms with Gasteiger partial charge in [0.25, 0.3) is 0 Å². The lowest BCUT2D eigenvalue weighted by Gasteiger charge is -2.38. The van der Waals surface area contributed by atoms with E-state index in [1.807, 2.05) is 0 Å². The maximum Gasteiger partial charge on any atom is 0.335 e. The van der Waals surface area contributed by atoms with Crippen molar-refractivity contribution in [2.24, 2.45) is 0 Å². The van der Waals surface area contributed by atoms with Gasteiger partial charge in [0.05, 0.1) is 6.61 Å². The molecule has 0 bridgehead atoms. The Hall–Kier alpha value is 0.140. The van der Waals surface area contributed by atoms with Crippen LogP contribution in [0, 0.1) is 0 Å². The molecular weight excluding hydrogens is 314 g/mol. The van der Waals surface area contributed by atoms with Crippen LogP contribution in [0.15, 0.2) is 0 Å². The Morgan fingerprint density at radius 1 is 1.17 bits per heavy atom. The first kappa shape index (κ1) is 16.2. The molecule has 1 rings (SSSR count). The lowest BCUT2D eigenvalue weighted by Crippen LogP contribution is -2.60. The molecule has 7 nitrogen and oxygen atoms in total. The second kappa shape index (κ2) is 6.06. The minimum atomic E-state index is -1.79. The van der Waals surface area contributed by atoms with Crippen molar-refractivity contribution in [3.8, 4) is 0 Å². The Balaban J connectivity index is 2.70. The van der Waals surface area contributed by atoms with Gasteiger partial charge in [0.1, 0.15) is 18.3 Å². The molecular formula is C8H11Cl3O7. The van der Waals surface area contributed by atoms with E-state index < -0.39 is 47.1 Å². The molecule has 0 radical (unpaired) electrons. The van der Waals surface area contributed by atoms with Gasteiger partial charge in [-0.2, -0.15) is 0 Å². The van der Waals surface area contributed by atoms with Crippen LogP contribution in [-0.2, 0) is 14.3 Å². The van der Waals surface area contributed by atoms with Crippen LogP contribution < -0.4 is 0 Å². The maximum atomic E-state index is 10.8. The van der Waals surface area contributed by atoms with Crippen molar-refractivity contribution < 1.29 is 34.7 Å². The molecule has 2 unspecified atom stereocenters. The lowest BCUT2D eigenvalue weighted by atomic mass is 9.99. The normalized spacial score (nSPS) is 37.6. The van der Waals surface area contributed by atoms with Crippen molar-refractivity contribution in [1.82, 2.24) is 0 Å². The minimum Gasteiger partial charge on any atom is -0.479 e. The van der Waals surface area contributed by atoms with E-state index in [0.717, 1.165) is 0 Å². The number of ether oxygens (including phenoxy) is 2. The van der Waals surface area contributed by atoms with E-state index in [4.69, 9.17) is 49.4 Å². The van der Waals surface area contributed by atoms with Crippen LogP contribution in [0.2, 0.25) is 0 Å². The van der Waals surface area contributed by atoms with E-state index in [2.05, 4.69) is 0 Å². The minimum absolute atomic E-state index is 0.492. The summed E-state index contributed by atoms with van der Waals surface area (Å²) >= 11 is 16.2. The molecule has 0 amide bonds. The molecule has 4 N–H and O–H groups in total. The molecule has 0 aromatic carbocycles. The predicted molar refractivity (Wildman–Crippen MR) is 60.6 cm³/mol. The van der Waals surface area contributed by atoms with Gasteiger partial charge in [-0.1, -0.05) is 34.8 Å². The first-order chi connectivity index (χ1) is 8.13. The fourth-order valence-electron chi connectivity index (χ4n) is 1.37. The second-order valence-corrected chi connectivity index (χ2v) is 6.18. The zero-order chi connectivity index (χ0) is 14.1. The number of carbonyl (C=O) groups is 1. The SMILES string of the molecule is O=C(O)C1O[C@@H](OCC(Cl)(Cl)Cl)C(O)[C@H](O)[C@@H]1O. The third-order valence-electron chi connectivity index (χ3n) is 2.22. The van der Waals surface area contributed by atoms with E-state index in [-0.39, 0.29) is 0 Å². The van der Waals surface area contributed by atoms with Gasteiger partial charge in [-0.25, -0.2) is 4.79 Å². The molecule has 18 heavy (non-hydrogen) atoms. The summed E-state index contributed by atoms with van der Waals surface area (Å²) in [6.45, 7) is -0.492. The monoisotopic (exact) mass is 324 g/mol. The highest BCUT2D eigenvalue weighted by Crippen LogP contribution is 2.29. The fraction of sp³-hybridized carbons (Fsp3) is 0.875. The van der Waals surface area contributed by atoms with Crippen LogP contribution in [0.5, 0.6) is 0 Å². The molecule has 10 heteroatoms. The number of alkyl halides is 3. The van der Waals surface area contributed by atoms with E-state index in [0.29, 0.717) is 0 Å². The number of aliphatic carboxylic acids is 1. The Labute approximate surface area is 117 Å². The summed E-state index contributed by atoms with van der Waals surface area (Å²) in [6.07, 6.45) is -8.47. The third kappa shape index (κ3) is 4.07. The van der Waals surface area contributed by atoms with Gasteiger partial charge in [0, 0.05) is 0 Å². The van der Waals surface area contributed by atoms with Crippen LogP contribution in [-0.4, -0.2) is 67.5 Å². The standard InChI is InChI=1S/C8H11Cl3O7/c9-8(10,11)1-17-7-4(14)2(12)3(13)5(18-7)6(15)16/h2-5,7,12-14H,1H2,(H,15,16)/t2-,3+,4?,5?,7-/m1/s1. The Bertz CT molecular complexity index is 308. The topological polar surface area (TPSA) is 116 Å². The lowest BCUT2D eigenvalue weighted by molar-refractivity contribution is -0.293. The van der Waals surface area contributed by atoms with Gasteiger partial charge < -0.3 is 29.9 Å². The average molecular weight is 326 g/mol. The van der Waals surface area contributed by atoms with E-state index >= 15 is 0 Å². The largest absolute Gasteiger partial charge is 0.479 e. The second-order valence-electron chi connectivity index (χ2n) is 3.66. The number of rotatable bonds is 3. The summed E-state index contributed by atoms with van der Waals surface area (Å²) < 4.78 is 7.85. The third-order valence-corrected chi connectivity index (χ3v) is 2.55. The van der Waals surface area contributed by atoms with Gasteiger partial charge >= 0.3 is 5.97 Å². The summed E-state index contributed by atoms with van der Waals surface area (Å²) in [5, 5.41) is 37.1. The Kier molecular flexibility index (Phi) is 5.45. The number of carboxylic acid groups (broad SMARTS) is 1. The van der Waals surface area contributed by atoms with Crippen molar-refractivity contribution in [2.75, 3.05) is 6.61 Å². The Morgan fingerprint density at radius 3 is 2.17 bits per heavy atom. The molecule has 0 aromatic heterocycles. The van der Waals surface area contributed by atoms with Crippen LogP contribution in [0.3, 0.4) is 0 Å². The first-order valence-corrected chi connectivity index (χ1v) is 5.87. The van der Waals surface area contributed by atoms with Crippen molar-refractivity contribution in [3.63, 3.8) is 0 Å². The van der Waals surface area contributed by atoms with Crippen LogP contribution >= 0.6 is 34.8 Å². The van der Waals surface area contributed by atoms with Crippen LogP contribution in [0.25, 0.3) is 0 Å². The van der Waals surface area contributed by atoms with Gasteiger partial charge in [0.2, 0.25) is 3.79 Å². The highest BCUT2D eigenvalue weighted by Gasteiger charge is 2.47. The molecule has 1 fully saturated rings. The molecule has 0 spiro atoms. The molecule has 1 saturated heterocycles. The number of hydrogen-bond acceptors (Lipinski definition) is 6. The number of halogens is 3. The van der Waals surface area contributed by atoms with Gasteiger partial charge in [-0.05, 0) is 0 Å². The summed E-state index contributed by atoms with van der Waals surface area (Å²) in [5.41, 5.74) is 0. The zero-order valence-electron chi connectivity index (χ0n) is 8.74. The number of aliphatic hydroxyl groups excluding tert-OH is 3. The first-order valence-electron chi connectivity index (χ1n) is 4.74. The molecule has 106 valence electrons. The summed E-state index contributed by atoms with van der Waals surface area (Å²) in [4.78, 5) is 10.8. The molecule has 1 heterocycles. The predicted octanol–water partition coefficient (Wildman–Crippen LogP) is -0.735. The van der Waals surface area contributed by atoms with Crippen LogP contribution in [0.4, 0.5) is 0 Å². The van der Waals surface area contributed by atoms with Crippen molar-refractivity contribution >= 4 is 40.8 Å². The van der Waals surface area contributed by atoms with Gasteiger partial charge in [-0.3, -0.25) is 0 Å². The summed E-state index contributed by atoms with van der Waals surface area (Å²) in [7, 11) is 0. The molecule has 0 saturated carbocycles. The molecule has 1 aliphatic heterocycles. The highest BCUT2D eigenvalue weighted by atomic mass is 35.6. The summed E-state index contributed by atoms with van der Waals surface area (Å²) in [6, 6.07) is 0. The zero-order valence-corrected chi connectivity index (χ0v) is 11.0. The van der Waals surface area contributed by atoms with E-state index in [9.17, 15) is 20.1 Å². The fourth-order valence-corrected chi connectivity index (χ4v) is 1.56. The van der Waals surface area contributed by atoms with Crippen molar-refractivity contribution in [3.05, 3.63) is 0 Å². The summed E-state index contributed by atoms with van der Waals surface area (Å²) in [5.74, 6) is -1.52. The van der Waals surface area contributed by atoms with Gasteiger partial charge in [-0.15, -0.1) is 0 Å². The highest BCUT2D eigenvalue weighted by molar-refractivity contribution is 6.67. The van der Waals surface area contributed by atoms with E-state index in [1.165, 1.54) is 0 Å². The molecule has 5 atom stereocenters. The molecule has 0 aromatic rings. The van der Waals surface area contributed by atoms with Crippen molar-refractivity contribution in [2.45, 2.75) is 34.5 Å². The quantitative estimate of drug-likeness (QED) is 0.505. The molecule has 0 aliphatic carbocycles. The maximum absolute atomic E-state index is 10.8. The Morgan fingerprint density at radius 2 is 1.72 bits per heavy atom.